The van der Waals surface area contributed by atoms with Gasteiger partial charge in [-0.25, -0.2) is 9.78 Å². The number of phenolic OH excluding ortho intramolecular Hbond substituents is 1. The molecule has 14 heteroatoms. The van der Waals surface area contributed by atoms with Crippen LogP contribution in [0.25, 0.3) is 0 Å². The second kappa shape index (κ2) is 12.7. The molecule has 8 N–H and O–H groups in total. The first-order valence-electron chi connectivity index (χ1n) is 11.9. The molecule has 4 atom stereocenters. The molecule has 2 heterocycles. The quantitative estimate of drug-likeness (QED) is 0.172. The molecule has 1 aliphatic heterocycles. The minimum absolute atomic E-state index is 0.00958. The van der Waals surface area contributed by atoms with E-state index in [9.17, 15) is 34.2 Å². The molecule has 204 valence electrons. The smallest absolute Gasteiger partial charge is 0.326 e. The van der Waals surface area contributed by atoms with E-state index in [-0.39, 0.29) is 31.6 Å². The van der Waals surface area contributed by atoms with E-state index in [0.717, 1.165) is 0 Å². The minimum Gasteiger partial charge on any atom is -0.508 e. The summed E-state index contributed by atoms with van der Waals surface area (Å²) in [6.45, 7) is 0.204. The van der Waals surface area contributed by atoms with E-state index in [2.05, 4.69) is 20.6 Å². The molecule has 3 amide bonds. The maximum absolute atomic E-state index is 13.2. The Balaban J connectivity index is 1.74. The molecule has 0 spiro atoms. The number of nitrogens with zero attached hydrogens (tertiary/aromatic N) is 2. The number of aromatic amines is 1. The lowest BCUT2D eigenvalue weighted by molar-refractivity contribution is -0.144. The zero-order valence-corrected chi connectivity index (χ0v) is 20.4. The fourth-order valence-electron chi connectivity index (χ4n) is 4.23. The van der Waals surface area contributed by atoms with Crippen molar-refractivity contribution in [3.63, 3.8) is 0 Å². The SMILES string of the molecule is NC(CC(=O)O)C(=O)N1CCCC1C(=O)NC(Cc1cnc[nH]1)C(=O)NC(Cc1ccc(O)cc1)C(=O)O. The maximum Gasteiger partial charge on any atom is 0.326 e. The van der Waals surface area contributed by atoms with Crippen LogP contribution >= 0.6 is 0 Å². The van der Waals surface area contributed by atoms with Gasteiger partial charge in [0, 0.05) is 31.3 Å². The number of hydrogen-bond donors (Lipinski definition) is 7. The summed E-state index contributed by atoms with van der Waals surface area (Å²) in [5.74, 6) is -4.63. The third-order valence-electron chi connectivity index (χ3n) is 6.15. The average molecular weight is 531 g/mol. The van der Waals surface area contributed by atoms with Crippen LogP contribution in [0.1, 0.15) is 30.5 Å². The predicted octanol–water partition coefficient (Wildman–Crippen LogP) is -1.25. The van der Waals surface area contributed by atoms with Crippen LogP contribution in [0.3, 0.4) is 0 Å². The predicted molar refractivity (Wildman–Crippen MR) is 131 cm³/mol. The molecule has 1 saturated heterocycles. The summed E-state index contributed by atoms with van der Waals surface area (Å²) in [5.41, 5.74) is 6.76. The molecule has 1 fully saturated rings. The number of aliphatic carboxylic acids is 2. The van der Waals surface area contributed by atoms with Crippen molar-refractivity contribution in [3.05, 3.63) is 48.0 Å². The van der Waals surface area contributed by atoms with Crippen LogP contribution < -0.4 is 16.4 Å². The number of nitrogens with two attached hydrogens (primary N) is 1. The van der Waals surface area contributed by atoms with Crippen molar-refractivity contribution in [3.8, 4) is 5.75 Å². The van der Waals surface area contributed by atoms with Gasteiger partial charge in [-0.15, -0.1) is 0 Å². The highest BCUT2D eigenvalue weighted by atomic mass is 16.4. The summed E-state index contributed by atoms with van der Waals surface area (Å²) < 4.78 is 0. The number of carboxylic acid groups (broad SMARTS) is 2. The Morgan fingerprint density at radius 2 is 1.79 bits per heavy atom. The molecule has 3 rings (SSSR count). The molecule has 1 aliphatic rings. The number of carbonyl (C=O) groups is 5. The molecule has 0 aliphatic carbocycles. The van der Waals surface area contributed by atoms with E-state index < -0.39 is 60.2 Å². The Morgan fingerprint density at radius 3 is 2.39 bits per heavy atom. The fourth-order valence-corrected chi connectivity index (χ4v) is 4.23. The van der Waals surface area contributed by atoms with Crippen LogP contribution in [0.5, 0.6) is 5.75 Å². The van der Waals surface area contributed by atoms with Gasteiger partial charge in [0.1, 0.15) is 23.9 Å². The van der Waals surface area contributed by atoms with Crippen LogP contribution in [0.2, 0.25) is 0 Å². The van der Waals surface area contributed by atoms with Crippen molar-refractivity contribution in [1.82, 2.24) is 25.5 Å². The Morgan fingerprint density at radius 1 is 1.08 bits per heavy atom. The molecule has 1 aromatic carbocycles. The lowest BCUT2D eigenvalue weighted by atomic mass is 10.0. The van der Waals surface area contributed by atoms with Gasteiger partial charge >= 0.3 is 11.9 Å². The van der Waals surface area contributed by atoms with Crippen LogP contribution in [0.15, 0.2) is 36.8 Å². The number of rotatable bonds is 12. The summed E-state index contributed by atoms with van der Waals surface area (Å²) in [7, 11) is 0. The van der Waals surface area contributed by atoms with Gasteiger partial charge in [0.15, 0.2) is 0 Å². The van der Waals surface area contributed by atoms with Crippen molar-refractivity contribution in [2.45, 2.75) is 56.3 Å². The summed E-state index contributed by atoms with van der Waals surface area (Å²) in [6.07, 6.45) is 2.90. The molecule has 2 aromatic rings. The van der Waals surface area contributed by atoms with Crippen molar-refractivity contribution < 1.29 is 39.3 Å². The Bertz CT molecular complexity index is 1150. The van der Waals surface area contributed by atoms with E-state index in [1.165, 1.54) is 41.7 Å². The van der Waals surface area contributed by atoms with Crippen LogP contribution in [0.4, 0.5) is 0 Å². The normalized spacial score (nSPS) is 17.3. The van der Waals surface area contributed by atoms with Gasteiger partial charge in [0.2, 0.25) is 17.7 Å². The maximum atomic E-state index is 13.2. The zero-order valence-electron chi connectivity index (χ0n) is 20.4. The van der Waals surface area contributed by atoms with E-state index in [1.54, 1.807) is 0 Å². The van der Waals surface area contributed by atoms with E-state index >= 15 is 0 Å². The molecule has 14 nitrogen and oxygen atoms in total. The van der Waals surface area contributed by atoms with Crippen molar-refractivity contribution in [1.29, 1.82) is 0 Å². The van der Waals surface area contributed by atoms with Gasteiger partial charge < -0.3 is 41.6 Å². The van der Waals surface area contributed by atoms with Gasteiger partial charge in [-0.2, -0.15) is 0 Å². The van der Waals surface area contributed by atoms with E-state index in [4.69, 9.17) is 10.8 Å². The van der Waals surface area contributed by atoms with Crippen LogP contribution in [0, 0.1) is 0 Å². The highest BCUT2D eigenvalue weighted by Gasteiger charge is 2.38. The van der Waals surface area contributed by atoms with E-state index in [1.807, 2.05) is 0 Å². The van der Waals surface area contributed by atoms with E-state index in [0.29, 0.717) is 17.7 Å². The van der Waals surface area contributed by atoms with Gasteiger partial charge in [-0.3, -0.25) is 19.2 Å². The van der Waals surface area contributed by atoms with Gasteiger partial charge in [0.25, 0.3) is 0 Å². The number of imidazole rings is 1. The highest BCUT2D eigenvalue weighted by molar-refractivity contribution is 5.95. The van der Waals surface area contributed by atoms with Crippen LogP contribution in [-0.2, 0) is 36.8 Å². The number of phenols is 1. The summed E-state index contributed by atoms with van der Waals surface area (Å²) in [6, 6.07) is 1.03. The molecule has 38 heavy (non-hydrogen) atoms. The molecular weight excluding hydrogens is 500 g/mol. The highest BCUT2D eigenvalue weighted by Crippen LogP contribution is 2.19. The number of aromatic nitrogens is 2. The van der Waals surface area contributed by atoms with Crippen LogP contribution in [-0.4, -0.2) is 90.6 Å². The van der Waals surface area contributed by atoms with Crippen molar-refractivity contribution in [2.24, 2.45) is 5.73 Å². The number of aromatic hydroxyl groups is 1. The molecule has 0 radical (unpaired) electrons. The number of H-pyrrole nitrogens is 1. The Labute approximate surface area is 217 Å². The minimum atomic E-state index is -1.33. The van der Waals surface area contributed by atoms with Gasteiger partial charge in [-0.05, 0) is 30.5 Å². The lowest BCUT2D eigenvalue weighted by Crippen LogP contribution is -2.57. The Kier molecular flexibility index (Phi) is 9.38. The first kappa shape index (κ1) is 28.1. The number of amides is 3. The first-order chi connectivity index (χ1) is 18.0. The third-order valence-corrected chi connectivity index (χ3v) is 6.15. The number of nitrogens with one attached hydrogen (secondary N) is 3. The van der Waals surface area contributed by atoms with Gasteiger partial charge in [0.05, 0.1) is 18.8 Å². The van der Waals surface area contributed by atoms with Gasteiger partial charge in [-0.1, -0.05) is 12.1 Å². The summed E-state index contributed by atoms with van der Waals surface area (Å²) in [5, 5.41) is 33.1. The summed E-state index contributed by atoms with van der Waals surface area (Å²) in [4.78, 5) is 69.8. The van der Waals surface area contributed by atoms with Crippen molar-refractivity contribution >= 4 is 29.7 Å². The average Bonchev–Trinajstić information content (AvgIpc) is 3.55. The molecular formula is C24H30N6O8. The number of likely N-dealkylation sites (tertiary alicyclic amines) is 1. The molecule has 4 unspecified atom stereocenters. The molecule has 1 aromatic heterocycles. The largest absolute Gasteiger partial charge is 0.508 e. The monoisotopic (exact) mass is 530 g/mol. The second-order valence-corrected chi connectivity index (χ2v) is 9.01. The number of carboxylic acids is 2. The summed E-state index contributed by atoms with van der Waals surface area (Å²) >= 11 is 0. The zero-order chi connectivity index (χ0) is 27.8. The number of carbonyl (C=O) groups excluding carboxylic acids is 3. The number of hydrogen-bond acceptors (Lipinski definition) is 8. The molecule has 0 saturated carbocycles. The third kappa shape index (κ3) is 7.52. The Hall–Kier alpha value is -4.46. The fraction of sp³-hybridized carbons (Fsp3) is 0.417. The second-order valence-electron chi connectivity index (χ2n) is 9.01. The first-order valence-corrected chi connectivity index (χ1v) is 11.9. The molecule has 0 bridgehead atoms. The lowest BCUT2D eigenvalue weighted by Gasteiger charge is -2.28. The standard InChI is InChI=1S/C24H30N6O8/c25-16(10-20(32)33)23(36)30-7-1-2-19(30)22(35)28-17(9-14-11-26-12-27-14)21(34)29-18(24(37)38)8-13-3-5-15(31)6-4-13/h3-6,11-12,16-19,31H,1-2,7-10,25H2,(H,26,27)(H,28,35)(H,29,34)(H,32,33)(H,37,38). The number of benzene rings is 1. The topological polar surface area (TPSA) is 228 Å². The van der Waals surface area contributed by atoms with Crippen molar-refractivity contribution in [2.75, 3.05) is 6.54 Å².